The van der Waals surface area contributed by atoms with E-state index in [4.69, 9.17) is 0 Å². The van der Waals surface area contributed by atoms with E-state index in [0.717, 1.165) is 6.42 Å². The molecule has 0 spiro atoms. The third-order valence-electron chi connectivity index (χ3n) is 4.53. The first-order valence-corrected chi connectivity index (χ1v) is 7.47. The molecule has 3 unspecified atom stereocenters. The van der Waals surface area contributed by atoms with E-state index in [2.05, 4.69) is 31.4 Å². The lowest BCUT2D eigenvalue weighted by Gasteiger charge is -2.42. The summed E-state index contributed by atoms with van der Waals surface area (Å²) in [4.78, 5) is 23.0. The van der Waals surface area contributed by atoms with Gasteiger partial charge in [-0.15, -0.1) is 0 Å². The molecule has 1 heterocycles. The topological polar surface area (TPSA) is 58.2 Å². The highest BCUT2D eigenvalue weighted by molar-refractivity contribution is 6.00. The van der Waals surface area contributed by atoms with Gasteiger partial charge in [0.05, 0.1) is 6.04 Å². The Balaban J connectivity index is 2.00. The van der Waals surface area contributed by atoms with Crippen LogP contribution in [0.3, 0.4) is 0 Å². The molecule has 0 aromatic heterocycles. The molecule has 0 aromatic rings. The highest BCUT2D eigenvalue weighted by atomic mass is 16.2. The number of carbonyl (C=O) groups excluding carboxylic acids is 2. The Hall–Kier alpha value is -0.900. The lowest BCUT2D eigenvalue weighted by molar-refractivity contribution is -0.135. The minimum atomic E-state index is -0.189. The smallest absolute Gasteiger partial charge is 0.243 e. The van der Waals surface area contributed by atoms with Crippen LogP contribution < -0.4 is 10.6 Å². The van der Waals surface area contributed by atoms with Crippen molar-refractivity contribution in [3.05, 3.63) is 0 Å². The van der Waals surface area contributed by atoms with Gasteiger partial charge in [-0.05, 0) is 30.6 Å². The fraction of sp³-hybridized carbons (Fsp3) is 0.867. The molecule has 2 aliphatic rings. The molecule has 0 radical (unpaired) electrons. The molecular weight excluding hydrogens is 240 g/mol. The Morgan fingerprint density at radius 2 is 1.79 bits per heavy atom. The molecule has 1 aliphatic carbocycles. The normalized spacial score (nSPS) is 33.1. The first-order chi connectivity index (χ1) is 8.88. The third kappa shape index (κ3) is 3.56. The van der Waals surface area contributed by atoms with Gasteiger partial charge >= 0.3 is 0 Å². The van der Waals surface area contributed by atoms with Crippen molar-refractivity contribution >= 4 is 11.8 Å². The summed E-state index contributed by atoms with van der Waals surface area (Å²) in [6.45, 7) is 6.84. The van der Waals surface area contributed by atoms with Crippen molar-refractivity contribution < 1.29 is 9.59 Å². The Kier molecular flexibility index (Phi) is 4.29. The molecule has 108 valence electrons. The second kappa shape index (κ2) is 5.61. The summed E-state index contributed by atoms with van der Waals surface area (Å²) in [5.74, 6) is 0.320. The maximum absolute atomic E-state index is 11.8. The molecule has 2 N–H and O–H groups in total. The molecule has 2 amide bonds. The van der Waals surface area contributed by atoms with E-state index >= 15 is 0 Å². The van der Waals surface area contributed by atoms with Crippen LogP contribution >= 0.6 is 0 Å². The summed E-state index contributed by atoms with van der Waals surface area (Å²) in [7, 11) is 0. The highest BCUT2D eigenvalue weighted by Gasteiger charge is 2.37. The zero-order chi connectivity index (χ0) is 14.0. The summed E-state index contributed by atoms with van der Waals surface area (Å²) >= 11 is 0. The lowest BCUT2D eigenvalue weighted by Crippen LogP contribution is -2.56. The van der Waals surface area contributed by atoms with Gasteiger partial charge in [-0.25, -0.2) is 0 Å². The molecule has 4 heteroatoms. The van der Waals surface area contributed by atoms with Crippen molar-refractivity contribution in [1.82, 2.24) is 10.6 Å². The maximum atomic E-state index is 11.8. The van der Waals surface area contributed by atoms with Crippen molar-refractivity contribution in [1.29, 1.82) is 0 Å². The summed E-state index contributed by atoms with van der Waals surface area (Å²) in [5.41, 5.74) is 0.263. The largest absolute Gasteiger partial charge is 0.303 e. The van der Waals surface area contributed by atoms with Crippen LogP contribution in [0.15, 0.2) is 0 Å². The zero-order valence-electron chi connectivity index (χ0n) is 12.3. The fourth-order valence-electron chi connectivity index (χ4n) is 3.48. The van der Waals surface area contributed by atoms with E-state index in [0.29, 0.717) is 24.8 Å². The number of imide groups is 1. The van der Waals surface area contributed by atoms with E-state index < -0.39 is 0 Å². The number of hydrogen-bond acceptors (Lipinski definition) is 3. The van der Waals surface area contributed by atoms with E-state index in [9.17, 15) is 9.59 Å². The minimum absolute atomic E-state index is 0.140. The zero-order valence-corrected chi connectivity index (χ0v) is 12.3. The van der Waals surface area contributed by atoms with Gasteiger partial charge in [0.1, 0.15) is 0 Å². The van der Waals surface area contributed by atoms with Crippen LogP contribution in [-0.4, -0.2) is 23.9 Å². The number of hydrogen-bond donors (Lipinski definition) is 2. The summed E-state index contributed by atoms with van der Waals surface area (Å²) in [6, 6.07) is 0.211. The van der Waals surface area contributed by atoms with E-state index in [1.54, 1.807) is 0 Å². The second-order valence-electron chi connectivity index (χ2n) is 7.03. The SMILES string of the molecule is CC(C)(C)C1CCCCC1NC1CCC(=O)NC1=O. The van der Waals surface area contributed by atoms with Gasteiger partial charge in [-0.2, -0.15) is 0 Å². The van der Waals surface area contributed by atoms with Crippen LogP contribution in [0.5, 0.6) is 0 Å². The number of carbonyl (C=O) groups is 2. The van der Waals surface area contributed by atoms with E-state index in [-0.39, 0.29) is 23.3 Å². The van der Waals surface area contributed by atoms with Crippen molar-refractivity contribution in [2.75, 3.05) is 0 Å². The van der Waals surface area contributed by atoms with Gasteiger partial charge in [0.15, 0.2) is 0 Å². The molecule has 2 rings (SSSR count). The maximum Gasteiger partial charge on any atom is 0.243 e. The average Bonchev–Trinajstić information content (AvgIpc) is 2.32. The van der Waals surface area contributed by atoms with Gasteiger partial charge in [-0.3, -0.25) is 14.9 Å². The molecule has 0 aromatic carbocycles. The first kappa shape index (κ1) is 14.5. The third-order valence-corrected chi connectivity index (χ3v) is 4.53. The lowest BCUT2D eigenvalue weighted by atomic mass is 9.69. The second-order valence-corrected chi connectivity index (χ2v) is 7.03. The molecule has 3 atom stereocenters. The highest BCUT2D eigenvalue weighted by Crippen LogP contribution is 2.38. The number of rotatable bonds is 2. The monoisotopic (exact) mass is 266 g/mol. The summed E-state index contributed by atoms with van der Waals surface area (Å²) < 4.78 is 0. The Bertz CT molecular complexity index is 360. The van der Waals surface area contributed by atoms with Crippen molar-refractivity contribution in [3.63, 3.8) is 0 Å². The molecule has 1 saturated carbocycles. The molecule has 0 bridgehead atoms. The van der Waals surface area contributed by atoms with Crippen LogP contribution in [0.1, 0.15) is 59.3 Å². The van der Waals surface area contributed by atoms with Gasteiger partial charge in [0.2, 0.25) is 11.8 Å². The number of piperidine rings is 1. The minimum Gasteiger partial charge on any atom is -0.303 e. The van der Waals surface area contributed by atoms with Gasteiger partial charge in [0, 0.05) is 12.5 Å². The standard InChI is InChI=1S/C15H26N2O2/c1-15(2,3)10-6-4-5-7-11(10)16-12-8-9-13(18)17-14(12)19/h10-12,16H,4-9H2,1-3H3,(H,17,18,19). The van der Waals surface area contributed by atoms with Gasteiger partial charge < -0.3 is 5.32 Å². The van der Waals surface area contributed by atoms with Crippen LogP contribution in [0.2, 0.25) is 0 Å². The quantitative estimate of drug-likeness (QED) is 0.751. The predicted octanol–water partition coefficient (Wildman–Crippen LogP) is 1.99. The van der Waals surface area contributed by atoms with Crippen molar-refractivity contribution in [2.24, 2.45) is 11.3 Å². The van der Waals surface area contributed by atoms with Crippen LogP contribution in [0.4, 0.5) is 0 Å². The van der Waals surface area contributed by atoms with Gasteiger partial charge in [0.25, 0.3) is 0 Å². The van der Waals surface area contributed by atoms with Gasteiger partial charge in [-0.1, -0.05) is 33.6 Å². The van der Waals surface area contributed by atoms with Crippen LogP contribution in [-0.2, 0) is 9.59 Å². The molecule has 1 saturated heterocycles. The molecular formula is C15H26N2O2. The Labute approximate surface area is 115 Å². The molecule has 4 nitrogen and oxygen atoms in total. The Morgan fingerprint density at radius 1 is 1.11 bits per heavy atom. The summed E-state index contributed by atoms with van der Waals surface area (Å²) in [6.07, 6.45) is 5.98. The number of amides is 2. The fourth-order valence-corrected chi connectivity index (χ4v) is 3.48. The Morgan fingerprint density at radius 3 is 2.42 bits per heavy atom. The molecule has 1 aliphatic heterocycles. The van der Waals surface area contributed by atoms with E-state index in [1.165, 1.54) is 19.3 Å². The number of nitrogens with one attached hydrogen (secondary N) is 2. The van der Waals surface area contributed by atoms with Crippen molar-refractivity contribution in [2.45, 2.75) is 71.4 Å². The van der Waals surface area contributed by atoms with Crippen LogP contribution in [0.25, 0.3) is 0 Å². The molecule has 19 heavy (non-hydrogen) atoms. The van der Waals surface area contributed by atoms with Crippen LogP contribution in [0, 0.1) is 11.3 Å². The average molecular weight is 266 g/mol. The van der Waals surface area contributed by atoms with E-state index in [1.807, 2.05) is 0 Å². The first-order valence-electron chi connectivity index (χ1n) is 7.47. The van der Waals surface area contributed by atoms with Crippen molar-refractivity contribution in [3.8, 4) is 0 Å². The summed E-state index contributed by atoms with van der Waals surface area (Å²) in [5, 5.41) is 5.95. The molecule has 2 fully saturated rings. The predicted molar refractivity (Wildman–Crippen MR) is 74.5 cm³/mol.